The molecule has 3 aromatic rings. The molecule has 2 heterocycles. The fraction of sp³-hybridized carbons (Fsp3) is 0.414. The fourth-order valence-corrected chi connectivity index (χ4v) is 7.04. The topological polar surface area (TPSA) is 67.8 Å². The van der Waals surface area contributed by atoms with E-state index in [0.29, 0.717) is 24.7 Å². The van der Waals surface area contributed by atoms with Gasteiger partial charge in [0.1, 0.15) is 0 Å². The number of hydrogen-bond donors (Lipinski definition) is 2. The number of fused-ring (bicyclic) bond motifs is 3. The van der Waals surface area contributed by atoms with Gasteiger partial charge in [-0.2, -0.15) is 0 Å². The first-order valence-electron chi connectivity index (χ1n) is 12.6. The Morgan fingerprint density at radius 1 is 1.06 bits per heavy atom. The molecule has 2 fully saturated rings. The Balaban J connectivity index is 1.22. The molecule has 6 heteroatoms. The highest BCUT2D eigenvalue weighted by Gasteiger charge is 2.41. The molecule has 1 aliphatic heterocycles. The minimum absolute atomic E-state index is 0.0228. The third kappa shape index (κ3) is 4.75. The second-order valence-electron chi connectivity index (χ2n) is 10.1. The van der Waals surface area contributed by atoms with Crippen LogP contribution in [0.4, 0.5) is 0 Å². The van der Waals surface area contributed by atoms with E-state index in [2.05, 4.69) is 35.0 Å². The zero-order valence-electron chi connectivity index (χ0n) is 19.7. The molecule has 3 unspecified atom stereocenters. The van der Waals surface area contributed by atoms with E-state index in [1.165, 1.54) is 34.9 Å². The van der Waals surface area contributed by atoms with Crippen molar-refractivity contribution < 1.29 is 19.4 Å². The largest absolute Gasteiger partial charge is 0.459 e. The second-order valence-corrected chi connectivity index (χ2v) is 11.1. The lowest BCUT2D eigenvalue weighted by Gasteiger charge is -2.30. The molecule has 0 saturated heterocycles. The molecule has 2 aliphatic carbocycles. The van der Waals surface area contributed by atoms with Crippen molar-refractivity contribution >= 4 is 27.3 Å². The first kappa shape index (κ1) is 22.8. The summed E-state index contributed by atoms with van der Waals surface area (Å²) in [4.78, 5) is 13.3. The van der Waals surface area contributed by atoms with Crippen LogP contribution in [-0.2, 0) is 27.5 Å². The number of amides is 1. The molecule has 1 aromatic heterocycles. The van der Waals surface area contributed by atoms with Gasteiger partial charge in [-0.3, -0.25) is 4.79 Å². The Morgan fingerprint density at radius 3 is 2.66 bits per heavy atom. The summed E-state index contributed by atoms with van der Waals surface area (Å²) in [6.45, 7) is 0.407. The number of rotatable bonds is 7. The third-order valence-corrected chi connectivity index (χ3v) is 8.87. The van der Waals surface area contributed by atoms with Gasteiger partial charge in [0.15, 0.2) is 5.76 Å². The third-order valence-electron chi connectivity index (χ3n) is 7.89. The van der Waals surface area contributed by atoms with E-state index < -0.39 is 6.29 Å². The zero-order chi connectivity index (χ0) is 23.8. The molecule has 35 heavy (non-hydrogen) atoms. The van der Waals surface area contributed by atoms with E-state index >= 15 is 0 Å². The van der Waals surface area contributed by atoms with Crippen LogP contribution in [0.5, 0.6) is 0 Å². The van der Waals surface area contributed by atoms with Crippen LogP contribution in [0, 0.1) is 11.8 Å². The summed E-state index contributed by atoms with van der Waals surface area (Å²) in [5.74, 6) is 1.68. The number of carbonyl (C=O) groups excluding carboxylic acids is 1. The lowest BCUT2D eigenvalue weighted by Crippen LogP contribution is -2.41. The highest BCUT2D eigenvalue weighted by Crippen LogP contribution is 2.45. The first-order chi connectivity index (χ1) is 17.2. The SMILES string of the molecule is O=C(NC1CC2CCC1C2)C1=C[C@@H](c2csc3ccccc23)C[C@@H](OCc2ccc(CO)cc2)O1. The van der Waals surface area contributed by atoms with Crippen molar-refractivity contribution in [3.8, 4) is 0 Å². The zero-order valence-corrected chi connectivity index (χ0v) is 20.5. The van der Waals surface area contributed by atoms with Crippen molar-refractivity contribution in [1.29, 1.82) is 0 Å². The summed E-state index contributed by atoms with van der Waals surface area (Å²) in [6.07, 6.45) is 6.99. The summed E-state index contributed by atoms with van der Waals surface area (Å²) < 4.78 is 13.6. The van der Waals surface area contributed by atoms with Crippen LogP contribution >= 0.6 is 11.3 Å². The standard InChI is InChI=1S/C29H31NO4S/c31-15-18-5-7-19(8-6-18)16-33-28-14-22(24-17-35-27-4-2-1-3-23(24)27)13-26(34-28)29(32)30-25-12-20-9-10-21(25)11-20/h1-8,13,17,20-22,25,28,31H,9-12,14-16H2,(H,30,32)/t20?,21?,22-,25?,28+/m1/s1. The average Bonchev–Trinajstić information content (AvgIpc) is 3.63. The van der Waals surface area contributed by atoms with E-state index in [1.54, 1.807) is 11.3 Å². The monoisotopic (exact) mass is 489 g/mol. The van der Waals surface area contributed by atoms with Crippen LogP contribution < -0.4 is 5.32 Å². The number of aliphatic hydroxyl groups is 1. The maximum Gasteiger partial charge on any atom is 0.286 e. The maximum absolute atomic E-state index is 13.3. The van der Waals surface area contributed by atoms with Gasteiger partial charge in [-0.25, -0.2) is 0 Å². The van der Waals surface area contributed by atoms with Gasteiger partial charge in [0, 0.05) is 23.1 Å². The summed E-state index contributed by atoms with van der Waals surface area (Å²) in [5.41, 5.74) is 3.10. The van der Waals surface area contributed by atoms with Crippen LogP contribution in [0.15, 0.2) is 65.7 Å². The van der Waals surface area contributed by atoms with Gasteiger partial charge < -0.3 is 19.9 Å². The normalized spacial score (nSPS) is 27.6. The number of thiophene rings is 1. The number of benzene rings is 2. The van der Waals surface area contributed by atoms with Crippen molar-refractivity contribution in [1.82, 2.24) is 5.32 Å². The van der Waals surface area contributed by atoms with Gasteiger partial charge >= 0.3 is 0 Å². The minimum atomic E-state index is -0.512. The molecule has 5 nitrogen and oxygen atoms in total. The number of allylic oxidation sites excluding steroid dienone is 1. The molecule has 6 rings (SSSR count). The van der Waals surface area contributed by atoms with E-state index in [9.17, 15) is 9.90 Å². The van der Waals surface area contributed by atoms with Crippen molar-refractivity contribution in [3.63, 3.8) is 0 Å². The van der Waals surface area contributed by atoms with Gasteiger partial charge in [0.2, 0.25) is 6.29 Å². The molecule has 5 atom stereocenters. The smallest absolute Gasteiger partial charge is 0.286 e. The predicted molar refractivity (Wildman–Crippen MR) is 137 cm³/mol. The van der Waals surface area contributed by atoms with Gasteiger partial charge in [0.25, 0.3) is 5.91 Å². The molecule has 3 aliphatic rings. The Morgan fingerprint density at radius 2 is 1.89 bits per heavy atom. The van der Waals surface area contributed by atoms with Crippen LogP contribution in [0.3, 0.4) is 0 Å². The lowest BCUT2D eigenvalue weighted by atomic mass is 9.92. The summed E-state index contributed by atoms with van der Waals surface area (Å²) in [5, 5.41) is 16.0. The summed E-state index contributed by atoms with van der Waals surface area (Å²) >= 11 is 1.73. The van der Waals surface area contributed by atoms with E-state index in [-0.39, 0.29) is 24.5 Å². The van der Waals surface area contributed by atoms with Gasteiger partial charge in [0.05, 0.1) is 13.2 Å². The Bertz CT molecular complexity index is 1230. The van der Waals surface area contributed by atoms with Crippen LogP contribution in [0.1, 0.15) is 54.7 Å². The molecule has 182 valence electrons. The van der Waals surface area contributed by atoms with Crippen molar-refractivity contribution in [3.05, 3.63) is 82.4 Å². The molecule has 0 radical (unpaired) electrons. The molecule has 2 saturated carbocycles. The van der Waals surface area contributed by atoms with Crippen LogP contribution in [0.2, 0.25) is 0 Å². The summed E-state index contributed by atoms with van der Waals surface area (Å²) in [6, 6.07) is 16.4. The van der Waals surface area contributed by atoms with Crippen LogP contribution in [0.25, 0.3) is 10.1 Å². The van der Waals surface area contributed by atoms with E-state index in [4.69, 9.17) is 9.47 Å². The predicted octanol–water partition coefficient (Wildman–Crippen LogP) is 5.63. The van der Waals surface area contributed by atoms with Gasteiger partial charge in [-0.05, 0) is 70.7 Å². The van der Waals surface area contributed by atoms with Crippen molar-refractivity contribution in [2.45, 2.75) is 63.6 Å². The minimum Gasteiger partial charge on any atom is -0.459 e. The molecule has 1 amide bonds. The Hall–Kier alpha value is -2.67. The molecule has 2 N–H and O–H groups in total. The molecule has 2 bridgehead atoms. The van der Waals surface area contributed by atoms with Gasteiger partial charge in [-0.1, -0.05) is 48.9 Å². The van der Waals surface area contributed by atoms with Crippen molar-refractivity contribution in [2.24, 2.45) is 11.8 Å². The van der Waals surface area contributed by atoms with E-state index in [1.807, 2.05) is 30.3 Å². The molecular formula is C29H31NO4S. The Kier molecular flexibility index (Phi) is 6.35. The number of carbonyl (C=O) groups is 1. The fourth-order valence-electron chi connectivity index (χ4n) is 6.01. The number of nitrogens with one attached hydrogen (secondary N) is 1. The average molecular weight is 490 g/mol. The molecular weight excluding hydrogens is 458 g/mol. The quantitative estimate of drug-likeness (QED) is 0.451. The van der Waals surface area contributed by atoms with Crippen molar-refractivity contribution in [2.75, 3.05) is 0 Å². The second kappa shape index (κ2) is 9.76. The highest BCUT2D eigenvalue weighted by atomic mass is 32.1. The van der Waals surface area contributed by atoms with E-state index in [0.717, 1.165) is 23.5 Å². The van der Waals surface area contributed by atoms with Crippen LogP contribution in [-0.4, -0.2) is 23.3 Å². The maximum atomic E-state index is 13.3. The summed E-state index contributed by atoms with van der Waals surface area (Å²) in [7, 11) is 0. The first-order valence-corrected chi connectivity index (χ1v) is 13.5. The van der Waals surface area contributed by atoms with Gasteiger partial charge in [-0.15, -0.1) is 11.3 Å². The highest BCUT2D eigenvalue weighted by molar-refractivity contribution is 7.17. The molecule has 0 spiro atoms. The lowest BCUT2D eigenvalue weighted by molar-refractivity contribution is -0.150. The number of aliphatic hydroxyl groups excluding tert-OH is 1. The molecule has 2 aromatic carbocycles. The Labute approximate surface area is 209 Å². The number of ether oxygens (including phenoxy) is 2. The number of hydrogen-bond acceptors (Lipinski definition) is 5.